The van der Waals surface area contributed by atoms with Crippen molar-refractivity contribution in [2.75, 3.05) is 0 Å². The zero-order valence-electron chi connectivity index (χ0n) is 10.2. The Bertz CT molecular complexity index is 548. The first kappa shape index (κ1) is 16.7. The second-order valence-corrected chi connectivity index (χ2v) is 8.11. The van der Waals surface area contributed by atoms with Crippen LogP contribution in [0.25, 0.3) is 0 Å². The van der Waals surface area contributed by atoms with Gasteiger partial charge in [0.05, 0.1) is 20.1 Å². The van der Waals surface area contributed by atoms with Gasteiger partial charge in [-0.05, 0) is 35.4 Å². The van der Waals surface area contributed by atoms with Gasteiger partial charge in [0.25, 0.3) is 0 Å². The molecular formula is C14H10Cl4S2. The van der Waals surface area contributed by atoms with E-state index in [1.165, 1.54) is 0 Å². The molecule has 6 heteroatoms. The van der Waals surface area contributed by atoms with Gasteiger partial charge in [-0.3, -0.25) is 0 Å². The molecule has 0 saturated carbocycles. The Kier molecular flexibility index (Phi) is 6.73. The van der Waals surface area contributed by atoms with Crippen LogP contribution in [-0.4, -0.2) is 0 Å². The summed E-state index contributed by atoms with van der Waals surface area (Å²) in [7, 11) is 3.53. The summed E-state index contributed by atoms with van der Waals surface area (Å²) in [5, 5.41) is 2.37. The molecule has 2 aromatic rings. The van der Waals surface area contributed by atoms with Crippen LogP contribution >= 0.6 is 68.0 Å². The van der Waals surface area contributed by atoms with Gasteiger partial charge in [-0.2, -0.15) is 0 Å². The Morgan fingerprint density at radius 1 is 0.600 bits per heavy atom. The summed E-state index contributed by atoms with van der Waals surface area (Å²) in [6, 6.07) is 11.4. The van der Waals surface area contributed by atoms with Crippen LogP contribution in [0.2, 0.25) is 20.1 Å². The molecule has 0 radical (unpaired) electrons. The van der Waals surface area contributed by atoms with Gasteiger partial charge in [-0.15, -0.1) is 0 Å². The first-order valence-corrected chi connectivity index (χ1v) is 9.68. The minimum atomic E-state index is 0.587. The average molecular weight is 384 g/mol. The van der Waals surface area contributed by atoms with E-state index < -0.39 is 0 Å². The van der Waals surface area contributed by atoms with Crippen molar-refractivity contribution in [1.29, 1.82) is 0 Å². The van der Waals surface area contributed by atoms with Crippen molar-refractivity contribution in [1.82, 2.24) is 0 Å². The fourth-order valence-electron chi connectivity index (χ4n) is 1.48. The molecule has 0 aliphatic rings. The Balaban J connectivity index is 1.81. The maximum absolute atomic E-state index is 5.98. The summed E-state index contributed by atoms with van der Waals surface area (Å²) in [6.45, 7) is 0. The van der Waals surface area contributed by atoms with Crippen LogP contribution < -0.4 is 0 Å². The second kappa shape index (κ2) is 8.07. The lowest BCUT2D eigenvalue weighted by Crippen LogP contribution is -1.81. The molecule has 106 valence electrons. The predicted octanol–water partition coefficient (Wildman–Crippen LogP) is 7.38. The third kappa shape index (κ3) is 4.94. The van der Waals surface area contributed by atoms with Crippen molar-refractivity contribution in [2.24, 2.45) is 0 Å². The molecule has 0 unspecified atom stereocenters. The molecule has 0 heterocycles. The summed E-state index contributed by atoms with van der Waals surface area (Å²) in [6.07, 6.45) is 0. The van der Waals surface area contributed by atoms with Crippen molar-refractivity contribution < 1.29 is 0 Å². The molecule has 0 N–H and O–H groups in total. The lowest BCUT2D eigenvalue weighted by molar-refractivity contribution is 1.42. The van der Waals surface area contributed by atoms with Crippen LogP contribution in [0.1, 0.15) is 11.1 Å². The molecule has 0 bridgehead atoms. The van der Waals surface area contributed by atoms with Gasteiger partial charge >= 0.3 is 0 Å². The van der Waals surface area contributed by atoms with Crippen LogP contribution in [0.3, 0.4) is 0 Å². The standard InChI is InChI=1S/C14H10Cl4S2/c15-11-3-1-9(5-13(11)17)7-19-20-8-10-2-4-12(16)14(18)6-10/h1-6H,7-8H2. The van der Waals surface area contributed by atoms with Crippen molar-refractivity contribution in [3.8, 4) is 0 Å². The molecular weight excluding hydrogens is 374 g/mol. The number of halogens is 4. The van der Waals surface area contributed by atoms with E-state index in [0.29, 0.717) is 20.1 Å². The van der Waals surface area contributed by atoms with Crippen molar-refractivity contribution in [2.45, 2.75) is 11.5 Å². The van der Waals surface area contributed by atoms with E-state index in [1.54, 1.807) is 21.6 Å². The third-order valence-corrected chi connectivity index (χ3v) is 6.26. The summed E-state index contributed by atoms with van der Waals surface area (Å²) in [4.78, 5) is 0. The largest absolute Gasteiger partial charge is 0.0890 e. The summed E-state index contributed by atoms with van der Waals surface area (Å²) < 4.78 is 0. The van der Waals surface area contributed by atoms with Gasteiger partial charge in [0.15, 0.2) is 0 Å². The SMILES string of the molecule is Clc1ccc(CSSCc2ccc(Cl)c(Cl)c2)cc1Cl. The maximum Gasteiger partial charge on any atom is 0.0595 e. The normalized spacial score (nSPS) is 10.8. The van der Waals surface area contributed by atoms with E-state index in [-0.39, 0.29) is 0 Å². The van der Waals surface area contributed by atoms with Crippen LogP contribution in [0.15, 0.2) is 36.4 Å². The van der Waals surface area contributed by atoms with E-state index in [9.17, 15) is 0 Å². The minimum Gasteiger partial charge on any atom is -0.0890 e. The fraction of sp³-hybridized carbons (Fsp3) is 0.143. The Morgan fingerprint density at radius 3 is 1.35 bits per heavy atom. The zero-order chi connectivity index (χ0) is 14.5. The average Bonchev–Trinajstić information content (AvgIpc) is 2.42. The van der Waals surface area contributed by atoms with Crippen molar-refractivity contribution in [3.05, 3.63) is 67.6 Å². The third-order valence-electron chi connectivity index (χ3n) is 2.50. The van der Waals surface area contributed by atoms with Gasteiger partial charge in [-0.1, -0.05) is 80.1 Å². The summed E-state index contributed by atoms with van der Waals surface area (Å²) in [5.74, 6) is 1.76. The van der Waals surface area contributed by atoms with Crippen LogP contribution in [0.5, 0.6) is 0 Å². The summed E-state index contributed by atoms with van der Waals surface area (Å²) >= 11 is 23.7. The number of benzene rings is 2. The molecule has 2 rings (SSSR count). The molecule has 20 heavy (non-hydrogen) atoms. The highest BCUT2D eigenvalue weighted by Crippen LogP contribution is 2.33. The first-order valence-electron chi connectivity index (χ1n) is 5.68. The van der Waals surface area contributed by atoms with Gasteiger partial charge < -0.3 is 0 Å². The van der Waals surface area contributed by atoms with E-state index in [4.69, 9.17) is 46.4 Å². The lowest BCUT2D eigenvalue weighted by atomic mass is 10.2. The Labute approximate surface area is 146 Å². The van der Waals surface area contributed by atoms with Gasteiger partial charge in [0, 0.05) is 11.5 Å². The van der Waals surface area contributed by atoms with Gasteiger partial charge in [0.2, 0.25) is 0 Å². The molecule has 2 aromatic carbocycles. The maximum atomic E-state index is 5.98. The molecule has 0 atom stereocenters. The van der Waals surface area contributed by atoms with Gasteiger partial charge in [-0.25, -0.2) is 0 Å². The molecule has 0 amide bonds. The topological polar surface area (TPSA) is 0 Å². The van der Waals surface area contributed by atoms with E-state index in [2.05, 4.69) is 0 Å². The zero-order valence-corrected chi connectivity index (χ0v) is 14.9. The Hall–Kier alpha value is 0.300. The van der Waals surface area contributed by atoms with Crippen LogP contribution in [-0.2, 0) is 11.5 Å². The molecule has 0 fully saturated rings. The highest BCUT2D eigenvalue weighted by molar-refractivity contribution is 8.76. The fourth-order valence-corrected chi connectivity index (χ4v) is 4.23. The molecule has 0 aromatic heterocycles. The Morgan fingerprint density at radius 2 is 1.00 bits per heavy atom. The highest BCUT2D eigenvalue weighted by atomic mass is 35.5. The number of hydrogen-bond acceptors (Lipinski definition) is 2. The first-order chi connectivity index (χ1) is 9.56. The predicted molar refractivity (Wildman–Crippen MR) is 95.5 cm³/mol. The van der Waals surface area contributed by atoms with Crippen molar-refractivity contribution in [3.63, 3.8) is 0 Å². The number of rotatable bonds is 5. The molecule has 0 aliphatic carbocycles. The van der Waals surface area contributed by atoms with Crippen LogP contribution in [0, 0.1) is 0 Å². The van der Waals surface area contributed by atoms with E-state index in [1.807, 2.05) is 36.4 Å². The summed E-state index contributed by atoms with van der Waals surface area (Å²) in [5.41, 5.74) is 2.32. The van der Waals surface area contributed by atoms with Crippen LogP contribution in [0.4, 0.5) is 0 Å². The lowest BCUT2D eigenvalue weighted by Gasteiger charge is -2.04. The van der Waals surface area contributed by atoms with Gasteiger partial charge in [0.1, 0.15) is 0 Å². The van der Waals surface area contributed by atoms with E-state index >= 15 is 0 Å². The molecule has 0 nitrogen and oxygen atoms in total. The van der Waals surface area contributed by atoms with Crippen molar-refractivity contribution >= 4 is 68.0 Å². The minimum absolute atomic E-state index is 0.587. The molecule has 0 aliphatic heterocycles. The monoisotopic (exact) mass is 382 g/mol. The second-order valence-electron chi connectivity index (χ2n) is 4.02. The quantitative estimate of drug-likeness (QED) is 0.390. The molecule has 0 spiro atoms. The number of hydrogen-bond donors (Lipinski definition) is 0. The smallest absolute Gasteiger partial charge is 0.0595 e. The van der Waals surface area contributed by atoms with E-state index in [0.717, 1.165) is 22.6 Å². The highest BCUT2D eigenvalue weighted by Gasteiger charge is 2.02. The molecule has 0 saturated heterocycles.